The summed E-state index contributed by atoms with van der Waals surface area (Å²) in [6, 6.07) is 12.2. The number of anilines is 3. The first-order valence-corrected chi connectivity index (χ1v) is 11.6. The fourth-order valence-corrected chi connectivity index (χ4v) is 5.14. The third kappa shape index (κ3) is 4.20. The number of aliphatic hydroxyl groups is 1. The van der Waals surface area contributed by atoms with Crippen molar-refractivity contribution >= 4 is 44.6 Å². The molecule has 0 bridgehead atoms. The van der Waals surface area contributed by atoms with Gasteiger partial charge in [-0.05, 0) is 41.3 Å². The fraction of sp³-hybridized carbons (Fsp3) is 0.0800. The Hall–Kier alpha value is -4.28. The summed E-state index contributed by atoms with van der Waals surface area (Å²) in [7, 11) is 0. The van der Waals surface area contributed by atoms with Gasteiger partial charge in [0.2, 0.25) is 0 Å². The molecular formula is C25H21FN6O2S. The Kier molecular flexibility index (Phi) is 5.89. The average Bonchev–Trinajstić information content (AvgIpc) is 3.48. The summed E-state index contributed by atoms with van der Waals surface area (Å²) >= 11 is 1.55. The number of thiophene rings is 1. The number of benzene rings is 2. The molecule has 0 aliphatic heterocycles. The number of nitrogens with zero attached hydrogens (tertiary/aromatic N) is 4. The van der Waals surface area contributed by atoms with E-state index < -0.39 is 11.8 Å². The van der Waals surface area contributed by atoms with Gasteiger partial charge < -0.3 is 16.6 Å². The Bertz CT molecular complexity index is 1530. The highest BCUT2D eigenvalue weighted by atomic mass is 32.1. The second kappa shape index (κ2) is 9.16. The van der Waals surface area contributed by atoms with Gasteiger partial charge in [0.15, 0.2) is 0 Å². The molecule has 0 aliphatic carbocycles. The molecule has 0 atom stereocenters. The summed E-state index contributed by atoms with van der Waals surface area (Å²) in [5.41, 5.74) is 16.3. The molecule has 2 aromatic carbocycles. The van der Waals surface area contributed by atoms with E-state index in [1.54, 1.807) is 46.6 Å². The number of hydrogen-bond donors (Lipinski definition) is 3. The van der Waals surface area contributed by atoms with E-state index in [9.17, 15) is 9.18 Å². The van der Waals surface area contributed by atoms with Gasteiger partial charge in [-0.1, -0.05) is 18.2 Å². The molecule has 0 saturated carbocycles. The topological polar surface area (TPSA) is 123 Å². The third-order valence-corrected chi connectivity index (χ3v) is 6.63. The lowest BCUT2D eigenvalue weighted by Crippen LogP contribution is -2.31. The number of carbonyl (C=O) groups excluding carboxylic acids is 1. The number of halogens is 1. The summed E-state index contributed by atoms with van der Waals surface area (Å²) in [4.78, 5) is 17.8. The van der Waals surface area contributed by atoms with E-state index in [-0.39, 0.29) is 6.61 Å². The van der Waals surface area contributed by atoms with Crippen molar-refractivity contribution in [3.63, 3.8) is 0 Å². The molecule has 0 aliphatic rings. The normalized spacial score (nSPS) is 11.1. The zero-order valence-electron chi connectivity index (χ0n) is 18.4. The van der Waals surface area contributed by atoms with Crippen molar-refractivity contribution in [2.24, 2.45) is 5.73 Å². The molecule has 5 aromatic rings. The molecule has 35 heavy (non-hydrogen) atoms. The lowest BCUT2D eigenvalue weighted by Gasteiger charge is -2.21. The van der Waals surface area contributed by atoms with E-state index in [4.69, 9.17) is 16.6 Å². The first-order chi connectivity index (χ1) is 17.0. The lowest BCUT2D eigenvalue weighted by atomic mass is 10.0. The highest BCUT2D eigenvalue weighted by Gasteiger charge is 2.18. The van der Waals surface area contributed by atoms with Gasteiger partial charge in [-0.2, -0.15) is 5.10 Å². The Morgan fingerprint density at radius 2 is 1.89 bits per heavy atom. The van der Waals surface area contributed by atoms with Crippen LogP contribution in [0.1, 0.15) is 0 Å². The molecule has 0 radical (unpaired) electrons. The van der Waals surface area contributed by atoms with Gasteiger partial charge in [-0.15, -0.1) is 11.3 Å². The monoisotopic (exact) mass is 488 g/mol. The fourth-order valence-electron chi connectivity index (χ4n) is 4.02. The number of amides is 2. The van der Waals surface area contributed by atoms with E-state index in [2.05, 4.69) is 10.1 Å². The Balaban J connectivity index is 1.54. The van der Waals surface area contributed by atoms with Gasteiger partial charge in [-0.3, -0.25) is 9.58 Å². The molecule has 5 rings (SSSR count). The van der Waals surface area contributed by atoms with Crippen LogP contribution in [0.2, 0.25) is 0 Å². The number of aromatic nitrogens is 3. The summed E-state index contributed by atoms with van der Waals surface area (Å²) in [5.74, 6) is -0.0545. The smallest absolute Gasteiger partial charge is 0.323 e. The number of fused-ring (bicyclic) bond motifs is 1. The molecule has 10 heteroatoms. The van der Waals surface area contributed by atoms with Crippen molar-refractivity contribution < 1.29 is 14.3 Å². The largest absolute Gasteiger partial charge is 0.394 e. The van der Waals surface area contributed by atoms with Crippen molar-refractivity contribution in [3.8, 4) is 22.3 Å². The Morgan fingerprint density at radius 1 is 1.09 bits per heavy atom. The number of hydrogen-bond acceptors (Lipinski definition) is 6. The summed E-state index contributed by atoms with van der Waals surface area (Å²) < 4.78 is 16.4. The average molecular weight is 489 g/mol. The maximum atomic E-state index is 13.7. The van der Waals surface area contributed by atoms with Crippen molar-refractivity contribution in [1.29, 1.82) is 0 Å². The van der Waals surface area contributed by atoms with E-state index >= 15 is 0 Å². The predicted octanol–water partition coefficient (Wildman–Crippen LogP) is 4.76. The molecule has 0 fully saturated rings. The summed E-state index contributed by atoms with van der Waals surface area (Å²) in [6.07, 6.45) is 5.33. The van der Waals surface area contributed by atoms with Gasteiger partial charge in [0.1, 0.15) is 11.6 Å². The first kappa shape index (κ1) is 22.5. The summed E-state index contributed by atoms with van der Waals surface area (Å²) in [5, 5.41) is 16.3. The van der Waals surface area contributed by atoms with Gasteiger partial charge in [0.05, 0.1) is 30.7 Å². The van der Waals surface area contributed by atoms with Gasteiger partial charge >= 0.3 is 6.03 Å². The minimum Gasteiger partial charge on any atom is -0.394 e. The van der Waals surface area contributed by atoms with Crippen LogP contribution in [0.4, 0.5) is 26.4 Å². The van der Waals surface area contributed by atoms with E-state index in [1.165, 1.54) is 23.1 Å². The first-order valence-electron chi connectivity index (χ1n) is 10.7. The van der Waals surface area contributed by atoms with Crippen LogP contribution in [0.25, 0.3) is 32.3 Å². The van der Waals surface area contributed by atoms with Crippen LogP contribution in [0.15, 0.2) is 72.5 Å². The molecule has 3 heterocycles. The van der Waals surface area contributed by atoms with E-state index in [0.717, 1.165) is 32.3 Å². The van der Waals surface area contributed by atoms with Crippen molar-refractivity contribution in [2.45, 2.75) is 6.54 Å². The number of rotatable bonds is 6. The molecule has 5 N–H and O–H groups in total. The van der Waals surface area contributed by atoms with Crippen LogP contribution in [0.5, 0.6) is 0 Å². The summed E-state index contributed by atoms with van der Waals surface area (Å²) in [6.45, 7) is 0.410. The molecule has 176 valence electrons. The van der Waals surface area contributed by atoms with Gasteiger partial charge in [0.25, 0.3) is 0 Å². The maximum Gasteiger partial charge on any atom is 0.323 e. The second-order valence-corrected chi connectivity index (χ2v) is 8.71. The number of primary amides is 1. The number of aliphatic hydroxyl groups excluding tert-OH is 1. The van der Waals surface area contributed by atoms with Crippen molar-refractivity contribution in [3.05, 3.63) is 78.3 Å². The number of carbonyl (C=O) groups is 1. The molecule has 2 amide bonds. The zero-order valence-corrected chi connectivity index (χ0v) is 19.2. The second-order valence-electron chi connectivity index (χ2n) is 7.83. The zero-order chi connectivity index (χ0) is 24.5. The predicted molar refractivity (Wildman–Crippen MR) is 136 cm³/mol. The number of nitrogens with two attached hydrogens (primary N) is 2. The lowest BCUT2D eigenvalue weighted by molar-refractivity contribution is 0.256. The van der Waals surface area contributed by atoms with Gasteiger partial charge in [0, 0.05) is 39.2 Å². The SMILES string of the molecule is NC(=O)N(c1ccc(-c2csc3c(-c4cnn(CCO)c4)cnc(N)c23)cc1)c1cccc(F)c1. The van der Waals surface area contributed by atoms with Crippen LogP contribution in [-0.4, -0.2) is 32.5 Å². The van der Waals surface area contributed by atoms with Crippen molar-refractivity contribution in [2.75, 3.05) is 17.2 Å². The minimum atomic E-state index is -0.718. The van der Waals surface area contributed by atoms with Crippen LogP contribution >= 0.6 is 11.3 Å². The van der Waals surface area contributed by atoms with E-state index in [0.29, 0.717) is 23.7 Å². The van der Waals surface area contributed by atoms with Crippen LogP contribution in [0, 0.1) is 5.82 Å². The molecule has 8 nitrogen and oxygen atoms in total. The number of pyridine rings is 1. The molecule has 0 saturated heterocycles. The number of urea groups is 1. The van der Waals surface area contributed by atoms with Crippen LogP contribution in [-0.2, 0) is 6.54 Å². The standard InChI is InChI=1S/C25H21FN6O2S/c26-17-2-1-3-19(10-17)32(25(28)34)18-6-4-15(5-7-18)21-14-35-23-20(12-29-24(27)22(21)23)16-11-30-31(13-16)8-9-33/h1-7,10-14,33H,8-9H2,(H2,27,29)(H2,28,34). The highest BCUT2D eigenvalue weighted by molar-refractivity contribution is 7.18. The Morgan fingerprint density at radius 3 is 2.60 bits per heavy atom. The quantitative estimate of drug-likeness (QED) is 0.318. The van der Waals surface area contributed by atoms with Gasteiger partial charge in [-0.25, -0.2) is 14.2 Å². The maximum absolute atomic E-state index is 13.7. The van der Waals surface area contributed by atoms with E-state index in [1.807, 2.05) is 23.7 Å². The molecule has 3 aromatic heterocycles. The highest BCUT2D eigenvalue weighted by Crippen LogP contribution is 2.42. The number of nitrogen functional groups attached to an aromatic ring is 1. The van der Waals surface area contributed by atoms with Crippen molar-refractivity contribution in [1.82, 2.24) is 14.8 Å². The minimum absolute atomic E-state index is 0.00204. The Labute approximate surface area is 203 Å². The van der Waals surface area contributed by atoms with Crippen LogP contribution < -0.4 is 16.4 Å². The molecule has 0 spiro atoms. The third-order valence-electron chi connectivity index (χ3n) is 5.62. The molecular weight excluding hydrogens is 467 g/mol. The molecule has 0 unspecified atom stereocenters. The van der Waals surface area contributed by atoms with Crippen LogP contribution in [0.3, 0.4) is 0 Å².